The van der Waals surface area contributed by atoms with E-state index in [2.05, 4.69) is 25.9 Å². The molecule has 0 unspecified atom stereocenters. The van der Waals surface area contributed by atoms with Crippen molar-refractivity contribution < 1.29 is 9.59 Å². The summed E-state index contributed by atoms with van der Waals surface area (Å²) in [6.07, 6.45) is 2.89. The number of carbonyl (C=O) groups excluding carboxylic acids is 2. The fourth-order valence-electron chi connectivity index (χ4n) is 3.39. The highest BCUT2D eigenvalue weighted by atomic mass is 35.5. The van der Waals surface area contributed by atoms with Crippen LogP contribution in [0.2, 0.25) is 5.02 Å². The van der Waals surface area contributed by atoms with E-state index in [1.165, 1.54) is 6.33 Å². The van der Waals surface area contributed by atoms with Crippen molar-refractivity contribution in [1.29, 1.82) is 0 Å². The number of rotatable bonds is 6. The molecule has 1 heterocycles. The summed E-state index contributed by atoms with van der Waals surface area (Å²) in [5.74, 6) is 0.247. The Morgan fingerprint density at radius 3 is 2.55 bits per heavy atom. The molecule has 2 aromatic carbocycles. The summed E-state index contributed by atoms with van der Waals surface area (Å²) in [4.78, 5) is 34.3. The number of hydrogen-bond acceptors (Lipinski definition) is 5. The second kappa shape index (κ2) is 8.35. The maximum atomic E-state index is 13.2. The molecule has 3 N–H and O–H groups in total. The van der Waals surface area contributed by atoms with E-state index in [1.54, 1.807) is 49.5 Å². The lowest BCUT2D eigenvalue weighted by molar-refractivity contribution is -0.118. The Morgan fingerprint density at radius 1 is 1.03 bits per heavy atom. The van der Waals surface area contributed by atoms with Crippen LogP contribution in [0.5, 0.6) is 0 Å². The van der Waals surface area contributed by atoms with Crippen molar-refractivity contribution in [3.05, 3.63) is 76.7 Å². The monoisotopic (exact) mass is 435 g/mol. The van der Waals surface area contributed by atoms with E-state index in [0.717, 1.165) is 5.56 Å². The van der Waals surface area contributed by atoms with Gasteiger partial charge in [-0.2, -0.15) is 0 Å². The summed E-state index contributed by atoms with van der Waals surface area (Å²) in [7, 11) is 1.77. The summed E-state index contributed by atoms with van der Waals surface area (Å²) in [6.45, 7) is 1.89. The van der Waals surface area contributed by atoms with E-state index in [-0.39, 0.29) is 11.8 Å². The molecular weight excluding hydrogens is 414 g/mol. The third kappa shape index (κ3) is 4.36. The molecule has 0 bridgehead atoms. The van der Waals surface area contributed by atoms with Crippen LogP contribution in [0.4, 0.5) is 17.2 Å². The molecule has 1 aromatic heterocycles. The zero-order valence-corrected chi connectivity index (χ0v) is 18.0. The number of nitrogens with zero attached hydrogens (tertiary/aromatic N) is 2. The molecule has 4 rings (SSSR count). The Kier molecular flexibility index (Phi) is 5.61. The van der Waals surface area contributed by atoms with E-state index < -0.39 is 5.41 Å². The first-order chi connectivity index (χ1) is 14.9. The Labute approximate surface area is 185 Å². The SMILES string of the molecule is CNc1cc(C2(C(=O)Nc3cc(C(=O)Nc4cccc(Cl)c4)ccc3C)CC2)ncn1. The Morgan fingerprint density at radius 2 is 1.84 bits per heavy atom. The van der Waals surface area contributed by atoms with Gasteiger partial charge in [-0.1, -0.05) is 23.7 Å². The first-order valence-corrected chi connectivity index (χ1v) is 10.3. The molecular formula is C23H22ClN5O2. The number of benzene rings is 2. The van der Waals surface area contributed by atoms with Crippen molar-refractivity contribution in [3.8, 4) is 0 Å². The third-order valence-electron chi connectivity index (χ3n) is 5.43. The van der Waals surface area contributed by atoms with Crippen molar-refractivity contribution in [3.63, 3.8) is 0 Å². The van der Waals surface area contributed by atoms with Gasteiger partial charge in [0.15, 0.2) is 0 Å². The van der Waals surface area contributed by atoms with Crippen LogP contribution in [0, 0.1) is 6.92 Å². The number of aryl methyl sites for hydroxylation is 1. The number of nitrogens with one attached hydrogen (secondary N) is 3. The van der Waals surface area contributed by atoms with Crippen molar-refractivity contribution in [2.24, 2.45) is 0 Å². The number of halogens is 1. The minimum Gasteiger partial charge on any atom is -0.373 e. The van der Waals surface area contributed by atoms with Gasteiger partial charge in [0, 0.05) is 35.1 Å². The molecule has 31 heavy (non-hydrogen) atoms. The van der Waals surface area contributed by atoms with Crippen LogP contribution < -0.4 is 16.0 Å². The highest BCUT2D eigenvalue weighted by Gasteiger charge is 2.53. The molecule has 1 aliphatic rings. The van der Waals surface area contributed by atoms with Gasteiger partial charge in [0.1, 0.15) is 12.1 Å². The van der Waals surface area contributed by atoms with Gasteiger partial charge >= 0.3 is 0 Å². The summed E-state index contributed by atoms with van der Waals surface area (Å²) < 4.78 is 0. The standard InChI is InChI=1S/C23H22ClN5O2/c1-14-6-7-15(21(30)28-17-5-3-4-16(24)11-17)10-18(14)29-22(31)23(8-9-23)19-12-20(25-2)27-13-26-19/h3-7,10-13H,8-9H2,1-2H3,(H,28,30)(H,29,31)(H,25,26,27). The van der Waals surface area contributed by atoms with Gasteiger partial charge in [-0.3, -0.25) is 9.59 Å². The summed E-state index contributed by atoms with van der Waals surface area (Å²) in [5.41, 5.74) is 2.52. The van der Waals surface area contributed by atoms with Crippen molar-refractivity contribution in [2.45, 2.75) is 25.2 Å². The van der Waals surface area contributed by atoms with Gasteiger partial charge in [0.2, 0.25) is 5.91 Å². The maximum absolute atomic E-state index is 13.2. The van der Waals surface area contributed by atoms with Crippen molar-refractivity contribution in [2.75, 3.05) is 23.0 Å². The summed E-state index contributed by atoms with van der Waals surface area (Å²) in [5, 5.41) is 9.33. The van der Waals surface area contributed by atoms with Crippen LogP contribution in [0.3, 0.4) is 0 Å². The number of anilines is 3. The van der Waals surface area contributed by atoms with Gasteiger partial charge < -0.3 is 16.0 Å². The Bertz CT molecular complexity index is 1160. The lowest BCUT2D eigenvalue weighted by Crippen LogP contribution is -2.29. The predicted molar refractivity (Wildman–Crippen MR) is 122 cm³/mol. The van der Waals surface area contributed by atoms with Gasteiger partial charge in [0.25, 0.3) is 5.91 Å². The third-order valence-corrected chi connectivity index (χ3v) is 5.66. The van der Waals surface area contributed by atoms with Gasteiger partial charge in [-0.25, -0.2) is 9.97 Å². The quantitative estimate of drug-likeness (QED) is 0.533. The molecule has 0 aliphatic heterocycles. The molecule has 0 spiro atoms. The lowest BCUT2D eigenvalue weighted by atomic mass is 10.00. The molecule has 158 valence electrons. The van der Waals surface area contributed by atoms with Crippen LogP contribution in [0.1, 0.15) is 34.5 Å². The minimum absolute atomic E-state index is 0.135. The fourth-order valence-corrected chi connectivity index (χ4v) is 3.58. The smallest absolute Gasteiger partial charge is 0.255 e. The molecule has 0 radical (unpaired) electrons. The average Bonchev–Trinajstić information content (AvgIpc) is 3.57. The van der Waals surface area contributed by atoms with Crippen LogP contribution in [-0.2, 0) is 10.2 Å². The Balaban J connectivity index is 1.53. The normalized spacial score (nSPS) is 13.9. The molecule has 1 fully saturated rings. The topological polar surface area (TPSA) is 96.0 Å². The van der Waals surface area contributed by atoms with Crippen LogP contribution >= 0.6 is 11.6 Å². The summed E-state index contributed by atoms with van der Waals surface area (Å²) >= 11 is 5.98. The first kappa shape index (κ1) is 20.8. The van der Waals surface area contributed by atoms with Crippen LogP contribution in [-0.4, -0.2) is 28.8 Å². The number of amides is 2. The zero-order chi connectivity index (χ0) is 22.0. The number of aromatic nitrogens is 2. The highest BCUT2D eigenvalue weighted by molar-refractivity contribution is 6.31. The molecule has 8 heteroatoms. The highest BCUT2D eigenvalue weighted by Crippen LogP contribution is 2.48. The van der Waals surface area contributed by atoms with E-state index in [1.807, 2.05) is 13.0 Å². The second-order valence-electron chi connectivity index (χ2n) is 7.57. The Hall–Kier alpha value is -3.45. The van der Waals surface area contributed by atoms with E-state index in [0.29, 0.717) is 46.3 Å². The van der Waals surface area contributed by atoms with Gasteiger partial charge in [-0.15, -0.1) is 0 Å². The van der Waals surface area contributed by atoms with E-state index in [4.69, 9.17) is 11.6 Å². The molecule has 7 nitrogen and oxygen atoms in total. The zero-order valence-electron chi connectivity index (χ0n) is 17.2. The van der Waals surface area contributed by atoms with Crippen LogP contribution in [0.25, 0.3) is 0 Å². The molecule has 2 amide bonds. The van der Waals surface area contributed by atoms with Gasteiger partial charge in [0.05, 0.1) is 11.1 Å². The van der Waals surface area contributed by atoms with Crippen molar-refractivity contribution >= 4 is 40.6 Å². The molecule has 1 saturated carbocycles. The minimum atomic E-state index is -0.667. The lowest BCUT2D eigenvalue weighted by Gasteiger charge is -2.17. The van der Waals surface area contributed by atoms with E-state index >= 15 is 0 Å². The molecule has 0 saturated heterocycles. The molecule has 3 aromatic rings. The molecule has 0 atom stereocenters. The number of hydrogen-bond donors (Lipinski definition) is 3. The first-order valence-electron chi connectivity index (χ1n) is 9.90. The number of carbonyl (C=O) groups is 2. The van der Waals surface area contributed by atoms with E-state index in [9.17, 15) is 9.59 Å². The summed E-state index contributed by atoms with van der Waals surface area (Å²) in [6, 6.07) is 14.0. The fraction of sp³-hybridized carbons (Fsp3) is 0.217. The largest absolute Gasteiger partial charge is 0.373 e. The van der Waals surface area contributed by atoms with Gasteiger partial charge in [-0.05, 0) is 55.7 Å². The molecule has 1 aliphatic carbocycles. The van der Waals surface area contributed by atoms with Crippen LogP contribution in [0.15, 0.2) is 54.9 Å². The maximum Gasteiger partial charge on any atom is 0.255 e. The predicted octanol–water partition coefficient (Wildman–Crippen LogP) is 4.40. The second-order valence-corrected chi connectivity index (χ2v) is 8.01. The van der Waals surface area contributed by atoms with Crippen molar-refractivity contribution in [1.82, 2.24) is 9.97 Å². The average molecular weight is 436 g/mol.